The highest BCUT2D eigenvalue weighted by Crippen LogP contribution is 2.24. The molecule has 0 fully saturated rings. The van der Waals surface area contributed by atoms with Crippen molar-refractivity contribution < 1.29 is 4.79 Å². The lowest BCUT2D eigenvalue weighted by Gasteiger charge is -2.07. The van der Waals surface area contributed by atoms with Crippen LogP contribution in [-0.2, 0) is 4.79 Å². The summed E-state index contributed by atoms with van der Waals surface area (Å²) in [5, 5.41) is 4.15. The zero-order valence-corrected chi connectivity index (χ0v) is 17.0. The number of aliphatic imine (C=N–C) groups is 1. The first kappa shape index (κ1) is 25.0. The summed E-state index contributed by atoms with van der Waals surface area (Å²) in [5.74, 6) is 0.192. The molecule has 0 aliphatic heterocycles. The summed E-state index contributed by atoms with van der Waals surface area (Å²) in [6, 6.07) is 5.29. The van der Waals surface area contributed by atoms with Gasteiger partial charge in [0.25, 0.3) is 0 Å². The third kappa shape index (κ3) is 12.2. The van der Waals surface area contributed by atoms with Crippen LogP contribution in [0.4, 0.5) is 5.69 Å². The molecule has 0 atom stereocenters. The molecule has 0 unspecified atom stereocenters. The molecule has 1 aromatic carbocycles. The van der Waals surface area contributed by atoms with Crippen LogP contribution in [0.3, 0.4) is 0 Å². The number of nitrogens with one attached hydrogen (secondary N) is 1. The van der Waals surface area contributed by atoms with Gasteiger partial charge in [0.1, 0.15) is 5.84 Å². The maximum Gasteiger partial charge on any atom is 0.247 e. The van der Waals surface area contributed by atoms with Gasteiger partial charge in [-0.1, -0.05) is 64.2 Å². The molecule has 1 amide bonds. The van der Waals surface area contributed by atoms with Crippen LogP contribution in [0.15, 0.2) is 23.2 Å². The number of hydrogen-bond acceptors (Lipinski definition) is 2. The van der Waals surface area contributed by atoms with Gasteiger partial charge in [0, 0.05) is 25.1 Å². The maximum atomic E-state index is 11.4. The van der Waals surface area contributed by atoms with E-state index in [1.54, 1.807) is 12.1 Å². The molecule has 138 valence electrons. The number of nitrogens with two attached hydrogens (primary N) is 1. The molecular weight excluding hydrogens is 345 g/mol. The second-order valence-corrected chi connectivity index (χ2v) is 5.22. The summed E-state index contributed by atoms with van der Waals surface area (Å²) in [5.41, 5.74) is 6.56. The molecule has 0 aromatic heterocycles. The molecule has 0 heterocycles. The summed E-state index contributed by atoms with van der Waals surface area (Å²) >= 11 is 11.7. The summed E-state index contributed by atoms with van der Waals surface area (Å²) in [4.78, 5) is 15.3. The highest BCUT2D eigenvalue weighted by atomic mass is 35.5. The van der Waals surface area contributed by atoms with E-state index in [9.17, 15) is 4.79 Å². The van der Waals surface area contributed by atoms with Gasteiger partial charge in [0.15, 0.2) is 0 Å². The van der Waals surface area contributed by atoms with E-state index >= 15 is 0 Å². The van der Waals surface area contributed by atoms with Gasteiger partial charge in [-0.15, -0.1) is 0 Å². The molecule has 6 heteroatoms. The fourth-order valence-electron chi connectivity index (χ4n) is 1.54. The van der Waals surface area contributed by atoms with Crippen molar-refractivity contribution in [2.45, 2.75) is 60.3 Å². The van der Waals surface area contributed by atoms with Crippen molar-refractivity contribution in [2.75, 3.05) is 11.9 Å². The van der Waals surface area contributed by atoms with Gasteiger partial charge in [-0.2, -0.15) is 0 Å². The van der Waals surface area contributed by atoms with E-state index in [-0.39, 0.29) is 5.91 Å². The Labute approximate surface area is 156 Å². The van der Waals surface area contributed by atoms with E-state index in [2.05, 4.69) is 10.3 Å². The fraction of sp³-hybridized carbons (Fsp3) is 0.556. The van der Waals surface area contributed by atoms with Crippen LogP contribution < -0.4 is 11.1 Å². The second kappa shape index (κ2) is 16.6. The van der Waals surface area contributed by atoms with E-state index in [0.29, 0.717) is 35.3 Å². The van der Waals surface area contributed by atoms with Crippen LogP contribution in [0.25, 0.3) is 0 Å². The van der Waals surface area contributed by atoms with Crippen LogP contribution in [0.5, 0.6) is 0 Å². The molecule has 1 rings (SSSR count). The Balaban J connectivity index is 0. The average molecular weight is 376 g/mol. The number of nitrogens with zero attached hydrogens (tertiary/aromatic N) is 1. The first-order valence-electron chi connectivity index (χ1n) is 8.57. The van der Waals surface area contributed by atoms with Crippen molar-refractivity contribution in [1.29, 1.82) is 0 Å². The van der Waals surface area contributed by atoms with Crippen molar-refractivity contribution in [1.82, 2.24) is 0 Å². The van der Waals surface area contributed by atoms with Crippen LogP contribution in [-0.4, -0.2) is 18.3 Å². The minimum atomic E-state index is -0.154. The van der Waals surface area contributed by atoms with Gasteiger partial charge in [0.2, 0.25) is 5.91 Å². The van der Waals surface area contributed by atoms with Crippen LogP contribution in [0.1, 0.15) is 60.3 Å². The minimum Gasteiger partial charge on any atom is -0.387 e. The summed E-state index contributed by atoms with van der Waals surface area (Å²) in [7, 11) is 0. The molecule has 0 saturated carbocycles. The van der Waals surface area contributed by atoms with Crippen molar-refractivity contribution in [3.05, 3.63) is 28.2 Å². The lowest BCUT2D eigenvalue weighted by atomic mass is 10.2. The summed E-state index contributed by atoms with van der Waals surface area (Å²) in [6.45, 7) is 10.6. The second-order valence-electron chi connectivity index (χ2n) is 4.41. The number of anilines is 1. The Kier molecular flexibility index (Phi) is 17.3. The van der Waals surface area contributed by atoms with Crippen molar-refractivity contribution >= 4 is 40.6 Å². The first-order valence-corrected chi connectivity index (χ1v) is 9.33. The largest absolute Gasteiger partial charge is 0.387 e. The zero-order chi connectivity index (χ0) is 19.0. The Morgan fingerprint density at radius 2 is 1.75 bits per heavy atom. The highest BCUT2D eigenvalue weighted by molar-refractivity contribution is 6.42. The zero-order valence-electron chi connectivity index (χ0n) is 15.5. The topological polar surface area (TPSA) is 67.5 Å². The van der Waals surface area contributed by atoms with Gasteiger partial charge in [0.05, 0.1) is 10.0 Å². The SMILES string of the molecule is CC.CC.CCCCC(=O)N=C(N)CCNc1ccc(Cl)c(Cl)c1. The standard InChI is InChI=1S/C14H19Cl2N3O.2C2H6/c1-2-3-4-14(20)19-13(17)7-8-18-10-5-6-11(15)12(16)9-10;2*1-2/h5-6,9,18H,2-4,7-8H2,1H3,(H2,17,19,20);2*1-2H3. The monoisotopic (exact) mass is 375 g/mol. The average Bonchev–Trinajstić information content (AvgIpc) is 2.59. The van der Waals surface area contributed by atoms with Crippen molar-refractivity contribution in [3.63, 3.8) is 0 Å². The first-order chi connectivity index (χ1) is 11.5. The van der Waals surface area contributed by atoms with Gasteiger partial charge >= 0.3 is 0 Å². The van der Waals surface area contributed by atoms with Gasteiger partial charge in [-0.05, 0) is 24.6 Å². The van der Waals surface area contributed by atoms with Crippen LogP contribution in [0.2, 0.25) is 10.0 Å². The predicted octanol–water partition coefficient (Wildman–Crippen LogP) is 5.92. The van der Waals surface area contributed by atoms with Gasteiger partial charge in [-0.25, -0.2) is 4.99 Å². The van der Waals surface area contributed by atoms with E-state index in [1.807, 2.05) is 40.7 Å². The Morgan fingerprint density at radius 3 is 2.29 bits per heavy atom. The molecule has 0 aliphatic carbocycles. The van der Waals surface area contributed by atoms with Crippen molar-refractivity contribution in [3.8, 4) is 0 Å². The normalized spacial score (nSPS) is 10.0. The molecule has 0 radical (unpaired) electrons. The van der Waals surface area contributed by atoms with E-state index < -0.39 is 0 Å². The third-order valence-electron chi connectivity index (χ3n) is 2.64. The van der Waals surface area contributed by atoms with E-state index in [4.69, 9.17) is 28.9 Å². The smallest absolute Gasteiger partial charge is 0.247 e. The molecule has 3 N–H and O–H groups in total. The molecule has 0 bridgehead atoms. The Bertz CT molecular complexity index is 491. The number of rotatable bonds is 7. The summed E-state index contributed by atoms with van der Waals surface area (Å²) in [6.07, 6.45) is 2.77. The number of amidine groups is 1. The Morgan fingerprint density at radius 1 is 1.12 bits per heavy atom. The number of carbonyl (C=O) groups excluding carboxylic acids is 1. The van der Waals surface area contributed by atoms with Gasteiger partial charge in [-0.3, -0.25) is 4.79 Å². The maximum absolute atomic E-state index is 11.4. The molecular formula is C18H31Cl2N3O. The number of amides is 1. The predicted molar refractivity (Wildman–Crippen MR) is 108 cm³/mol. The van der Waals surface area contributed by atoms with E-state index in [1.165, 1.54) is 0 Å². The minimum absolute atomic E-state index is 0.154. The number of benzene rings is 1. The Hall–Kier alpha value is -1.26. The lowest BCUT2D eigenvalue weighted by Crippen LogP contribution is -2.18. The summed E-state index contributed by atoms with van der Waals surface area (Å²) < 4.78 is 0. The molecule has 4 nitrogen and oxygen atoms in total. The molecule has 0 aliphatic rings. The lowest BCUT2D eigenvalue weighted by molar-refractivity contribution is -0.117. The van der Waals surface area contributed by atoms with Crippen LogP contribution in [0, 0.1) is 0 Å². The number of unbranched alkanes of at least 4 members (excludes halogenated alkanes) is 1. The third-order valence-corrected chi connectivity index (χ3v) is 3.38. The number of carbonyl (C=O) groups is 1. The van der Waals surface area contributed by atoms with Crippen molar-refractivity contribution in [2.24, 2.45) is 10.7 Å². The number of hydrogen-bond donors (Lipinski definition) is 2. The molecule has 1 aromatic rings. The molecule has 24 heavy (non-hydrogen) atoms. The number of halogens is 2. The molecule has 0 saturated heterocycles. The fourth-order valence-corrected chi connectivity index (χ4v) is 1.84. The highest BCUT2D eigenvalue weighted by Gasteiger charge is 2.02. The molecule has 0 spiro atoms. The van der Waals surface area contributed by atoms with E-state index in [0.717, 1.165) is 18.5 Å². The van der Waals surface area contributed by atoms with Crippen LogP contribution >= 0.6 is 23.2 Å². The quantitative estimate of drug-likeness (QED) is 0.458. The van der Waals surface area contributed by atoms with Gasteiger partial charge < -0.3 is 11.1 Å².